The molecule has 4 nitrogen and oxygen atoms in total. The summed E-state index contributed by atoms with van der Waals surface area (Å²) in [5, 5.41) is 4.19. The van der Waals surface area contributed by atoms with Crippen LogP contribution in [0.2, 0.25) is 0 Å². The van der Waals surface area contributed by atoms with Gasteiger partial charge in [-0.1, -0.05) is 0 Å². The SMILES string of the molecule is [2H]C([2H])([2H])n1cc(B2OC(C)(C)C(C)(C)O2)c(-c2ccc(F)cc2)n1. The van der Waals surface area contributed by atoms with E-state index in [4.69, 9.17) is 13.4 Å². The number of hydrogen-bond donors (Lipinski definition) is 0. The van der Waals surface area contributed by atoms with Crippen LogP contribution in [-0.4, -0.2) is 28.1 Å². The highest BCUT2D eigenvalue weighted by Gasteiger charge is 2.52. The fraction of sp³-hybridized carbons (Fsp3) is 0.438. The lowest BCUT2D eigenvalue weighted by Gasteiger charge is -2.32. The second kappa shape index (κ2) is 4.93. The fourth-order valence-electron chi connectivity index (χ4n) is 2.36. The molecular formula is C16H20BFN2O2. The van der Waals surface area contributed by atoms with E-state index in [1.54, 1.807) is 12.1 Å². The molecule has 0 aliphatic carbocycles. The molecule has 1 aliphatic rings. The number of benzene rings is 1. The number of halogens is 1. The number of hydrogen-bond acceptors (Lipinski definition) is 3. The molecule has 0 radical (unpaired) electrons. The summed E-state index contributed by atoms with van der Waals surface area (Å²) in [7, 11) is -0.763. The van der Waals surface area contributed by atoms with Gasteiger partial charge in [0.2, 0.25) is 0 Å². The first-order valence-electron chi connectivity index (χ1n) is 8.62. The second-order valence-electron chi connectivity index (χ2n) is 6.47. The van der Waals surface area contributed by atoms with Crippen LogP contribution in [0.15, 0.2) is 30.5 Å². The Bertz CT molecular complexity index is 772. The molecule has 2 heterocycles. The topological polar surface area (TPSA) is 36.3 Å². The van der Waals surface area contributed by atoms with Crippen molar-refractivity contribution in [2.45, 2.75) is 38.9 Å². The van der Waals surface area contributed by atoms with E-state index in [9.17, 15) is 4.39 Å². The molecule has 0 atom stereocenters. The zero-order chi connectivity index (χ0) is 18.6. The summed E-state index contributed by atoms with van der Waals surface area (Å²) in [6.07, 6.45) is 1.41. The minimum absolute atomic E-state index is 0.379. The first-order chi connectivity index (χ1) is 11.4. The minimum atomic E-state index is -2.43. The molecule has 0 amide bonds. The molecule has 0 N–H and O–H groups in total. The molecule has 0 spiro atoms. The maximum absolute atomic E-state index is 13.2. The average molecular weight is 305 g/mol. The summed E-state index contributed by atoms with van der Waals surface area (Å²) in [5.74, 6) is -0.379. The first kappa shape index (κ1) is 11.9. The third-order valence-corrected chi connectivity index (χ3v) is 4.37. The maximum atomic E-state index is 13.2. The molecule has 6 heteroatoms. The van der Waals surface area contributed by atoms with Gasteiger partial charge in [0.15, 0.2) is 0 Å². The number of aryl methyl sites for hydroxylation is 1. The molecule has 2 aromatic rings. The van der Waals surface area contributed by atoms with E-state index < -0.39 is 25.3 Å². The Morgan fingerprint density at radius 2 is 1.73 bits per heavy atom. The third kappa shape index (κ3) is 2.46. The van der Waals surface area contributed by atoms with Gasteiger partial charge in [-0.15, -0.1) is 0 Å². The van der Waals surface area contributed by atoms with Crippen molar-refractivity contribution in [3.05, 3.63) is 36.3 Å². The molecule has 116 valence electrons. The van der Waals surface area contributed by atoms with Crippen molar-refractivity contribution in [1.82, 2.24) is 9.78 Å². The van der Waals surface area contributed by atoms with E-state index in [1.165, 1.54) is 18.3 Å². The van der Waals surface area contributed by atoms with Crippen molar-refractivity contribution >= 4 is 12.6 Å². The molecule has 0 unspecified atom stereocenters. The molecular weight excluding hydrogens is 282 g/mol. The zero-order valence-corrected chi connectivity index (χ0v) is 13.1. The second-order valence-corrected chi connectivity index (χ2v) is 6.47. The Kier molecular flexibility index (Phi) is 2.66. The Hall–Kier alpha value is -1.66. The van der Waals surface area contributed by atoms with Gasteiger partial charge < -0.3 is 9.31 Å². The lowest BCUT2D eigenvalue weighted by atomic mass is 9.78. The normalized spacial score (nSPS) is 22.2. The van der Waals surface area contributed by atoms with E-state index in [-0.39, 0.29) is 5.82 Å². The predicted octanol–water partition coefficient (Wildman–Crippen LogP) is 2.53. The van der Waals surface area contributed by atoms with Crippen LogP contribution in [0.25, 0.3) is 11.3 Å². The standard InChI is InChI=1S/C16H20BFN2O2/c1-15(2)16(3,4)22-17(21-15)13-10-20(5)19-14(13)11-6-8-12(18)9-7-11/h6-10H,1-5H3/i5D3. The van der Waals surface area contributed by atoms with E-state index in [0.29, 0.717) is 16.7 Å². The van der Waals surface area contributed by atoms with Gasteiger partial charge in [-0.05, 0) is 52.0 Å². The summed E-state index contributed by atoms with van der Waals surface area (Å²) in [6, 6.07) is 5.71. The van der Waals surface area contributed by atoms with E-state index in [0.717, 1.165) is 4.68 Å². The van der Waals surface area contributed by atoms with Gasteiger partial charge in [-0.25, -0.2) is 4.39 Å². The lowest BCUT2D eigenvalue weighted by Crippen LogP contribution is -2.41. The highest BCUT2D eigenvalue weighted by molar-refractivity contribution is 6.63. The fourth-order valence-corrected chi connectivity index (χ4v) is 2.36. The lowest BCUT2D eigenvalue weighted by molar-refractivity contribution is 0.00578. The molecule has 1 saturated heterocycles. The van der Waals surface area contributed by atoms with E-state index >= 15 is 0 Å². The highest BCUT2D eigenvalue weighted by atomic mass is 19.1. The highest BCUT2D eigenvalue weighted by Crippen LogP contribution is 2.37. The van der Waals surface area contributed by atoms with Crippen LogP contribution in [0.1, 0.15) is 31.8 Å². The molecule has 0 bridgehead atoms. The molecule has 1 aromatic carbocycles. The van der Waals surface area contributed by atoms with Crippen LogP contribution < -0.4 is 5.46 Å². The Morgan fingerprint density at radius 1 is 1.14 bits per heavy atom. The Labute approximate surface area is 134 Å². The largest absolute Gasteiger partial charge is 0.498 e. The third-order valence-electron chi connectivity index (χ3n) is 4.37. The van der Waals surface area contributed by atoms with Gasteiger partial charge in [0, 0.05) is 28.3 Å². The number of nitrogens with zero attached hydrogens (tertiary/aromatic N) is 2. The average Bonchev–Trinajstić information content (AvgIpc) is 2.99. The quantitative estimate of drug-likeness (QED) is 0.800. The Balaban J connectivity index is 2.09. The summed E-state index contributed by atoms with van der Waals surface area (Å²) < 4.78 is 49.0. The van der Waals surface area contributed by atoms with Gasteiger partial charge in [0.05, 0.1) is 16.9 Å². The first-order valence-corrected chi connectivity index (χ1v) is 7.12. The van der Waals surface area contributed by atoms with Crippen LogP contribution in [-0.2, 0) is 16.3 Å². The summed E-state index contributed by atoms with van der Waals surface area (Å²) in [4.78, 5) is 0. The molecule has 1 fully saturated rings. The van der Waals surface area contributed by atoms with Gasteiger partial charge in [0.1, 0.15) is 5.82 Å². The predicted molar refractivity (Wildman–Crippen MR) is 84.3 cm³/mol. The number of aromatic nitrogens is 2. The summed E-state index contributed by atoms with van der Waals surface area (Å²) in [5.41, 5.74) is 0.352. The van der Waals surface area contributed by atoms with Crippen LogP contribution >= 0.6 is 0 Å². The smallest absolute Gasteiger partial charge is 0.399 e. The van der Waals surface area contributed by atoms with Crippen molar-refractivity contribution in [3.8, 4) is 11.3 Å². The number of rotatable bonds is 2. The van der Waals surface area contributed by atoms with Crippen LogP contribution in [0.5, 0.6) is 0 Å². The monoisotopic (exact) mass is 305 g/mol. The van der Waals surface area contributed by atoms with Gasteiger partial charge in [0.25, 0.3) is 0 Å². The van der Waals surface area contributed by atoms with Crippen LogP contribution in [0, 0.1) is 5.82 Å². The minimum Gasteiger partial charge on any atom is -0.399 e. The van der Waals surface area contributed by atoms with Gasteiger partial charge >= 0.3 is 7.12 Å². The van der Waals surface area contributed by atoms with Crippen molar-refractivity contribution in [2.24, 2.45) is 6.98 Å². The molecule has 1 aliphatic heterocycles. The maximum Gasteiger partial charge on any atom is 0.498 e. The molecule has 0 saturated carbocycles. The van der Waals surface area contributed by atoms with Crippen molar-refractivity contribution in [3.63, 3.8) is 0 Å². The Morgan fingerprint density at radius 3 is 2.27 bits per heavy atom. The van der Waals surface area contributed by atoms with E-state index in [2.05, 4.69) is 5.10 Å². The summed E-state index contributed by atoms with van der Waals surface area (Å²) >= 11 is 0. The van der Waals surface area contributed by atoms with Crippen molar-refractivity contribution in [1.29, 1.82) is 0 Å². The van der Waals surface area contributed by atoms with Crippen molar-refractivity contribution < 1.29 is 17.8 Å². The summed E-state index contributed by atoms with van der Waals surface area (Å²) in [6.45, 7) is 5.23. The zero-order valence-electron chi connectivity index (χ0n) is 16.1. The van der Waals surface area contributed by atoms with Gasteiger partial charge in [-0.2, -0.15) is 5.10 Å². The van der Waals surface area contributed by atoms with Crippen molar-refractivity contribution in [2.75, 3.05) is 0 Å². The molecule has 22 heavy (non-hydrogen) atoms. The van der Waals surface area contributed by atoms with Crippen LogP contribution in [0.4, 0.5) is 4.39 Å². The van der Waals surface area contributed by atoms with E-state index in [1.807, 2.05) is 27.7 Å². The van der Waals surface area contributed by atoms with Crippen LogP contribution in [0.3, 0.4) is 0 Å². The molecule has 1 aromatic heterocycles. The molecule has 3 rings (SSSR count). The van der Waals surface area contributed by atoms with Gasteiger partial charge in [-0.3, -0.25) is 4.68 Å².